The Morgan fingerprint density at radius 3 is 2.52 bits per heavy atom. The molecule has 158 valence electrons. The van der Waals surface area contributed by atoms with E-state index in [1.807, 2.05) is 18.2 Å². The van der Waals surface area contributed by atoms with Crippen molar-refractivity contribution in [3.05, 3.63) is 58.6 Å². The van der Waals surface area contributed by atoms with Gasteiger partial charge in [0.1, 0.15) is 12.0 Å². The molecule has 7 nitrogen and oxygen atoms in total. The summed E-state index contributed by atoms with van der Waals surface area (Å²) in [6.45, 7) is 2.71. The van der Waals surface area contributed by atoms with Crippen LogP contribution >= 0.6 is 15.9 Å². The number of halogens is 1. The molecule has 2 aromatic heterocycles. The fourth-order valence-electron chi connectivity index (χ4n) is 4.23. The lowest BCUT2D eigenvalue weighted by Gasteiger charge is -2.31. The Labute approximate surface area is 190 Å². The highest BCUT2D eigenvalue weighted by molar-refractivity contribution is 9.10. The minimum Gasteiger partial charge on any atom is -0.382 e. The van der Waals surface area contributed by atoms with E-state index in [1.54, 1.807) is 0 Å². The zero-order valence-corrected chi connectivity index (χ0v) is 18.8. The number of anilines is 4. The minimum atomic E-state index is 0.461. The van der Waals surface area contributed by atoms with Gasteiger partial charge in [0, 0.05) is 28.8 Å². The Kier molecular flexibility index (Phi) is 5.55. The van der Waals surface area contributed by atoms with E-state index < -0.39 is 0 Å². The molecule has 31 heavy (non-hydrogen) atoms. The first-order valence-corrected chi connectivity index (χ1v) is 11.4. The molecule has 2 N–H and O–H groups in total. The number of fused-ring (bicyclic) bond motifs is 1. The lowest BCUT2D eigenvalue weighted by molar-refractivity contribution is 0.726. The highest BCUT2D eigenvalue weighted by Crippen LogP contribution is 2.39. The number of hydrogen-bond acceptors (Lipinski definition) is 7. The summed E-state index contributed by atoms with van der Waals surface area (Å²) < 4.78 is 1.000. The van der Waals surface area contributed by atoms with Crippen LogP contribution < -0.4 is 15.5 Å². The first-order valence-electron chi connectivity index (χ1n) is 10.6. The van der Waals surface area contributed by atoms with E-state index in [-0.39, 0.29) is 0 Å². The third-order valence-electron chi connectivity index (χ3n) is 5.82. The van der Waals surface area contributed by atoms with Crippen molar-refractivity contribution in [2.45, 2.75) is 25.7 Å². The number of nitrogens with zero attached hydrogens (tertiary/aromatic N) is 6. The lowest BCUT2D eigenvalue weighted by atomic mass is 10.0. The van der Waals surface area contributed by atoms with Crippen LogP contribution in [0.15, 0.2) is 47.2 Å². The van der Waals surface area contributed by atoms with Gasteiger partial charge in [-0.2, -0.15) is 0 Å². The molecule has 0 unspecified atom stereocenters. The molecule has 0 radical (unpaired) electrons. The number of hydrogen-bond donors (Lipinski definition) is 1. The number of nitrogens with two attached hydrogens (primary N) is 1. The maximum atomic E-state index is 6.24. The van der Waals surface area contributed by atoms with E-state index in [0.717, 1.165) is 51.7 Å². The molecule has 1 saturated heterocycles. The monoisotopic (exact) mass is 477 g/mol. The van der Waals surface area contributed by atoms with Crippen LogP contribution in [0.25, 0.3) is 11.6 Å². The topological polar surface area (TPSA) is 84.1 Å². The summed E-state index contributed by atoms with van der Waals surface area (Å²) in [5.74, 6) is 1.42. The van der Waals surface area contributed by atoms with E-state index in [1.165, 1.54) is 32.0 Å². The van der Waals surface area contributed by atoms with Crippen molar-refractivity contribution < 1.29 is 0 Å². The largest absolute Gasteiger partial charge is 0.382 e. The fourth-order valence-corrected chi connectivity index (χ4v) is 4.62. The Bertz CT molecular complexity index is 1110. The predicted octanol–water partition coefficient (Wildman–Crippen LogP) is 4.68. The summed E-state index contributed by atoms with van der Waals surface area (Å²) in [5.41, 5.74) is 10.7. The molecule has 8 heteroatoms. The molecule has 0 aliphatic carbocycles. The molecule has 2 aliphatic rings. The van der Waals surface area contributed by atoms with Gasteiger partial charge in [-0.25, -0.2) is 9.97 Å². The molecule has 5 rings (SSSR count). The van der Waals surface area contributed by atoms with Crippen LogP contribution in [0.5, 0.6) is 0 Å². The predicted molar refractivity (Wildman–Crippen MR) is 128 cm³/mol. The van der Waals surface area contributed by atoms with Gasteiger partial charge in [0.05, 0.1) is 17.9 Å². The van der Waals surface area contributed by atoms with Gasteiger partial charge in [-0.05, 0) is 49.2 Å². The number of aromatic nitrogens is 4. The smallest absolute Gasteiger partial charge is 0.151 e. The fraction of sp³-hybridized carbons (Fsp3) is 0.304. The van der Waals surface area contributed by atoms with Gasteiger partial charge >= 0.3 is 0 Å². The SMILES string of the molecule is Nc1ncnc2c1N(c1cccc(Br)c1)CC(c1ccc(N3CCCCCC3)nn1)=C2. The van der Waals surface area contributed by atoms with E-state index in [9.17, 15) is 0 Å². The molecule has 0 bridgehead atoms. The quantitative estimate of drug-likeness (QED) is 0.585. The van der Waals surface area contributed by atoms with Crippen molar-refractivity contribution in [1.82, 2.24) is 20.2 Å². The molecule has 2 aliphatic heterocycles. The van der Waals surface area contributed by atoms with Gasteiger partial charge in [-0.3, -0.25) is 0 Å². The molecule has 1 fully saturated rings. The van der Waals surface area contributed by atoms with Crippen molar-refractivity contribution in [2.24, 2.45) is 0 Å². The van der Waals surface area contributed by atoms with Crippen molar-refractivity contribution in [3.63, 3.8) is 0 Å². The van der Waals surface area contributed by atoms with E-state index in [0.29, 0.717) is 12.4 Å². The van der Waals surface area contributed by atoms with Crippen molar-refractivity contribution in [2.75, 3.05) is 35.2 Å². The Balaban J connectivity index is 1.49. The van der Waals surface area contributed by atoms with Crippen molar-refractivity contribution in [1.29, 1.82) is 0 Å². The van der Waals surface area contributed by atoms with Gasteiger partial charge in [-0.1, -0.05) is 34.8 Å². The summed E-state index contributed by atoms with van der Waals surface area (Å²) in [6, 6.07) is 12.3. The van der Waals surface area contributed by atoms with Gasteiger partial charge in [-0.15, -0.1) is 10.2 Å². The Hall–Kier alpha value is -3.00. The third kappa shape index (κ3) is 4.12. The molecule has 1 aromatic carbocycles. The van der Waals surface area contributed by atoms with Crippen LogP contribution in [0.1, 0.15) is 37.1 Å². The van der Waals surface area contributed by atoms with Gasteiger partial charge in [0.2, 0.25) is 0 Å². The summed E-state index contributed by atoms with van der Waals surface area (Å²) in [6.07, 6.45) is 8.57. The van der Waals surface area contributed by atoms with Crippen LogP contribution in [0.3, 0.4) is 0 Å². The van der Waals surface area contributed by atoms with Crippen molar-refractivity contribution >= 4 is 50.6 Å². The summed E-state index contributed by atoms with van der Waals surface area (Å²) >= 11 is 3.57. The molecular formula is C23H24BrN7. The molecular weight excluding hydrogens is 454 g/mol. The highest BCUT2D eigenvalue weighted by Gasteiger charge is 2.25. The van der Waals surface area contributed by atoms with Gasteiger partial charge in [0.25, 0.3) is 0 Å². The van der Waals surface area contributed by atoms with Crippen LogP contribution in [0.4, 0.5) is 23.0 Å². The molecule has 3 aromatic rings. The Morgan fingerprint density at radius 1 is 0.935 bits per heavy atom. The molecule has 0 atom stereocenters. The van der Waals surface area contributed by atoms with E-state index in [2.05, 4.69) is 70.2 Å². The number of benzene rings is 1. The molecule has 0 spiro atoms. The summed E-state index contributed by atoms with van der Waals surface area (Å²) in [5, 5.41) is 9.13. The highest BCUT2D eigenvalue weighted by atomic mass is 79.9. The standard InChI is InChI=1S/C23H24BrN7/c24-17-6-5-7-18(13-17)31-14-16(12-20-22(31)23(25)27-15-26-20)19-8-9-21(29-28-19)30-10-3-1-2-4-11-30/h5-9,12-13,15H,1-4,10-11,14H2,(H2,25,26,27). The zero-order valence-electron chi connectivity index (χ0n) is 17.2. The van der Waals surface area contributed by atoms with Gasteiger partial charge < -0.3 is 15.5 Å². The van der Waals surface area contributed by atoms with Crippen LogP contribution in [0.2, 0.25) is 0 Å². The average molecular weight is 478 g/mol. The maximum Gasteiger partial charge on any atom is 0.151 e. The van der Waals surface area contributed by atoms with Crippen molar-refractivity contribution in [3.8, 4) is 0 Å². The van der Waals surface area contributed by atoms with Crippen LogP contribution in [0, 0.1) is 0 Å². The Morgan fingerprint density at radius 2 is 1.77 bits per heavy atom. The number of nitrogen functional groups attached to an aromatic ring is 1. The lowest BCUT2D eigenvalue weighted by Crippen LogP contribution is -2.27. The first-order chi connectivity index (χ1) is 15.2. The summed E-state index contributed by atoms with van der Waals surface area (Å²) in [4.78, 5) is 13.2. The second kappa shape index (κ2) is 8.63. The first kappa shape index (κ1) is 19.9. The van der Waals surface area contributed by atoms with E-state index >= 15 is 0 Å². The molecule has 4 heterocycles. The minimum absolute atomic E-state index is 0.461. The van der Waals surface area contributed by atoms with Crippen LogP contribution in [-0.2, 0) is 0 Å². The van der Waals surface area contributed by atoms with Crippen LogP contribution in [-0.4, -0.2) is 39.8 Å². The normalized spacial score (nSPS) is 16.5. The molecule has 0 amide bonds. The van der Waals surface area contributed by atoms with Gasteiger partial charge in [0.15, 0.2) is 11.6 Å². The van der Waals surface area contributed by atoms with E-state index in [4.69, 9.17) is 5.73 Å². The third-order valence-corrected chi connectivity index (χ3v) is 6.31. The second-order valence-corrected chi connectivity index (χ2v) is 8.82. The maximum absolute atomic E-state index is 6.24. The summed E-state index contributed by atoms with van der Waals surface area (Å²) in [7, 11) is 0. The number of rotatable bonds is 3. The average Bonchev–Trinajstić information content (AvgIpc) is 3.08. The molecule has 0 saturated carbocycles. The second-order valence-electron chi connectivity index (χ2n) is 7.91. The zero-order chi connectivity index (χ0) is 21.2.